The fraction of sp³-hybridized carbons (Fsp3) is 0. The Morgan fingerprint density at radius 3 is 1.36 bits per heavy atom. The van der Waals surface area contributed by atoms with E-state index >= 15 is 0 Å². The van der Waals surface area contributed by atoms with Crippen LogP contribution < -0.4 is 0 Å². The fourth-order valence-corrected chi connectivity index (χ4v) is 7.06. The molecule has 0 fully saturated rings. The van der Waals surface area contributed by atoms with E-state index in [1.807, 2.05) is 91.0 Å². The average Bonchev–Trinajstić information content (AvgIpc) is 3.78. The molecule has 0 spiro atoms. The number of fused-ring (bicyclic) bond motifs is 6. The van der Waals surface area contributed by atoms with Gasteiger partial charge < -0.3 is 8.83 Å². The van der Waals surface area contributed by atoms with E-state index in [4.69, 9.17) is 23.8 Å². The van der Waals surface area contributed by atoms with Crippen molar-refractivity contribution in [3.05, 3.63) is 164 Å². The first-order valence-electron chi connectivity index (χ1n) is 16.6. The molecule has 10 rings (SSSR count). The van der Waals surface area contributed by atoms with Crippen LogP contribution in [0, 0.1) is 0 Å². The number of furan rings is 2. The molecule has 3 aromatic heterocycles. The van der Waals surface area contributed by atoms with Crippen LogP contribution in [-0.4, -0.2) is 15.0 Å². The summed E-state index contributed by atoms with van der Waals surface area (Å²) in [5, 5.41) is 4.12. The fourth-order valence-electron chi connectivity index (χ4n) is 7.06. The van der Waals surface area contributed by atoms with Gasteiger partial charge in [0.2, 0.25) is 0 Å². The Morgan fingerprint density at radius 2 is 0.740 bits per heavy atom. The summed E-state index contributed by atoms with van der Waals surface area (Å²) < 4.78 is 13.4. The number of benzene rings is 7. The van der Waals surface area contributed by atoms with Crippen LogP contribution in [-0.2, 0) is 0 Å². The second-order valence-corrected chi connectivity index (χ2v) is 12.3. The van der Waals surface area contributed by atoms with Crippen molar-refractivity contribution in [3.8, 4) is 56.4 Å². The zero-order valence-corrected chi connectivity index (χ0v) is 26.7. The second kappa shape index (κ2) is 11.4. The van der Waals surface area contributed by atoms with E-state index in [2.05, 4.69) is 72.8 Å². The summed E-state index contributed by atoms with van der Waals surface area (Å²) in [4.78, 5) is 15.3. The molecule has 5 nitrogen and oxygen atoms in total. The predicted octanol–water partition coefficient (Wildman–Crippen LogP) is 12.0. The number of rotatable bonds is 5. The molecule has 0 bridgehead atoms. The van der Waals surface area contributed by atoms with E-state index in [1.54, 1.807) is 0 Å². The minimum absolute atomic E-state index is 0.526. The van der Waals surface area contributed by atoms with Gasteiger partial charge in [-0.05, 0) is 34.9 Å². The lowest BCUT2D eigenvalue weighted by Crippen LogP contribution is -2.00. The summed E-state index contributed by atoms with van der Waals surface area (Å²) in [5.74, 6) is 1.62. The van der Waals surface area contributed by atoms with Crippen LogP contribution in [0.1, 0.15) is 0 Å². The third-order valence-corrected chi connectivity index (χ3v) is 9.37. The van der Waals surface area contributed by atoms with Crippen LogP contribution in [0.15, 0.2) is 173 Å². The normalized spacial score (nSPS) is 11.6. The number of hydrogen-bond donors (Lipinski definition) is 0. The van der Waals surface area contributed by atoms with Gasteiger partial charge in [-0.2, -0.15) is 0 Å². The Labute approximate surface area is 287 Å². The molecular formula is C45H27N3O2. The van der Waals surface area contributed by atoms with Crippen molar-refractivity contribution in [2.24, 2.45) is 0 Å². The van der Waals surface area contributed by atoms with E-state index in [1.165, 1.54) is 0 Å². The van der Waals surface area contributed by atoms with Gasteiger partial charge in [-0.1, -0.05) is 146 Å². The molecule has 0 aliphatic rings. The monoisotopic (exact) mass is 641 g/mol. The summed E-state index contributed by atoms with van der Waals surface area (Å²) in [6.45, 7) is 0. The van der Waals surface area contributed by atoms with Crippen LogP contribution in [0.25, 0.3) is 100 Å². The molecule has 50 heavy (non-hydrogen) atoms. The Balaban J connectivity index is 1.22. The SMILES string of the molecule is c1ccc(-c2nc(-c3cccc4c3oc3c(-c5ccccc5)cccc34)nc(-c3cccc4c3oc3cccc(-c5ccccc5)c34)n2)cc1. The van der Waals surface area contributed by atoms with Gasteiger partial charge in [0, 0.05) is 32.7 Å². The first-order valence-corrected chi connectivity index (χ1v) is 16.6. The third kappa shape index (κ3) is 4.52. The number of aromatic nitrogens is 3. The average molecular weight is 642 g/mol. The highest BCUT2D eigenvalue weighted by molar-refractivity contribution is 6.15. The molecule has 0 unspecified atom stereocenters. The highest BCUT2D eigenvalue weighted by Gasteiger charge is 2.22. The maximum Gasteiger partial charge on any atom is 0.167 e. The number of hydrogen-bond acceptors (Lipinski definition) is 5. The zero-order chi connectivity index (χ0) is 33.0. The molecule has 0 radical (unpaired) electrons. The van der Waals surface area contributed by atoms with Crippen molar-refractivity contribution in [2.75, 3.05) is 0 Å². The van der Waals surface area contributed by atoms with Gasteiger partial charge in [0.05, 0.1) is 11.1 Å². The van der Waals surface area contributed by atoms with Crippen LogP contribution in [0.2, 0.25) is 0 Å². The molecule has 0 saturated carbocycles. The molecular weight excluding hydrogens is 615 g/mol. The van der Waals surface area contributed by atoms with E-state index in [0.29, 0.717) is 17.5 Å². The van der Waals surface area contributed by atoms with Crippen molar-refractivity contribution >= 4 is 43.9 Å². The topological polar surface area (TPSA) is 65.0 Å². The third-order valence-electron chi connectivity index (χ3n) is 9.37. The molecule has 0 atom stereocenters. The maximum absolute atomic E-state index is 6.76. The van der Waals surface area contributed by atoms with E-state index in [-0.39, 0.29) is 0 Å². The summed E-state index contributed by atoms with van der Waals surface area (Å²) >= 11 is 0. The quantitative estimate of drug-likeness (QED) is 0.187. The van der Waals surface area contributed by atoms with Crippen LogP contribution in [0.5, 0.6) is 0 Å². The molecule has 0 N–H and O–H groups in total. The molecule has 3 heterocycles. The van der Waals surface area contributed by atoms with E-state index < -0.39 is 0 Å². The summed E-state index contributed by atoms with van der Waals surface area (Å²) in [6, 6.07) is 55.6. The van der Waals surface area contributed by atoms with Crippen LogP contribution in [0.3, 0.4) is 0 Å². The van der Waals surface area contributed by atoms with Crippen molar-refractivity contribution in [3.63, 3.8) is 0 Å². The van der Waals surface area contributed by atoms with Gasteiger partial charge in [0.15, 0.2) is 17.5 Å². The second-order valence-electron chi connectivity index (χ2n) is 12.3. The van der Waals surface area contributed by atoms with Crippen molar-refractivity contribution < 1.29 is 8.83 Å². The van der Waals surface area contributed by atoms with E-state index in [9.17, 15) is 0 Å². The van der Waals surface area contributed by atoms with E-state index in [0.717, 1.165) is 82.8 Å². The summed E-state index contributed by atoms with van der Waals surface area (Å²) in [5.41, 5.74) is 9.98. The number of para-hydroxylation sites is 3. The van der Waals surface area contributed by atoms with Gasteiger partial charge in [-0.3, -0.25) is 0 Å². The van der Waals surface area contributed by atoms with Gasteiger partial charge in [0.25, 0.3) is 0 Å². The highest BCUT2D eigenvalue weighted by Crippen LogP contribution is 2.42. The van der Waals surface area contributed by atoms with Gasteiger partial charge in [0.1, 0.15) is 22.3 Å². The molecule has 234 valence electrons. The molecule has 0 saturated heterocycles. The molecule has 7 aromatic carbocycles. The smallest absolute Gasteiger partial charge is 0.167 e. The lowest BCUT2D eigenvalue weighted by molar-refractivity contribution is 0.669. The minimum atomic E-state index is 0.526. The van der Waals surface area contributed by atoms with Crippen LogP contribution >= 0.6 is 0 Å². The van der Waals surface area contributed by atoms with Crippen molar-refractivity contribution in [2.45, 2.75) is 0 Å². The highest BCUT2D eigenvalue weighted by atomic mass is 16.3. The molecule has 0 aliphatic carbocycles. The standard InChI is InChI=1S/C45H27N3O2/c1-4-14-28(15-5-1)31-20-13-27-38-39(31)35-24-12-26-37(42(35)49-38)45-47-43(30-18-8-3-9-19-30)46-44(48-45)36-25-11-23-34-33-22-10-21-32(40(33)50-41(34)36)29-16-6-2-7-17-29/h1-27H. The maximum atomic E-state index is 6.76. The molecule has 10 aromatic rings. The summed E-state index contributed by atoms with van der Waals surface area (Å²) in [7, 11) is 0. The lowest BCUT2D eigenvalue weighted by Gasteiger charge is -2.09. The molecule has 0 amide bonds. The lowest BCUT2D eigenvalue weighted by atomic mass is 9.99. The largest absolute Gasteiger partial charge is 0.455 e. The molecule has 5 heteroatoms. The minimum Gasteiger partial charge on any atom is -0.455 e. The first-order chi connectivity index (χ1) is 24.8. The predicted molar refractivity (Wildman–Crippen MR) is 202 cm³/mol. The Hall–Kier alpha value is -6.85. The molecule has 0 aliphatic heterocycles. The van der Waals surface area contributed by atoms with Crippen molar-refractivity contribution in [1.82, 2.24) is 15.0 Å². The van der Waals surface area contributed by atoms with Gasteiger partial charge in [-0.15, -0.1) is 0 Å². The van der Waals surface area contributed by atoms with Crippen molar-refractivity contribution in [1.29, 1.82) is 0 Å². The Morgan fingerprint density at radius 1 is 0.300 bits per heavy atom. The Kier molecular flexibility index (Phi) is 6.42. The number of nitrogens with zero attached hydrogens (tertiary/aromatic N) is 3. The zero-order valence-electron chi connectivity index (χ0n) is 26.7. The van der Waals surface area contributed by atoms with Gasteiger partial charge in [-0.25, -0.2) is 15.0 Å². The van der Waals surface area contributed by atoms with Gasteiger partial charge >= 0.3 is 0 Å². The van der Waals surface area contributed by atoms with Crippen LogP contribution in [0.4, 0.5) is 0 Å². The summed E-state index contributed by atoms with van der Waals surface area (Å²) in [6.07, 6.45) is 0. The Bertz CT molecular complexity index is 2830. The first kappa shape index (κ1) is 28.2.